The van der Waals surface area contributed by atoms with Crippen molar-refractivity contribution in [1.82, 2.24) is 0 Å². The van der Waals surface area contributed by atoms with E-state index >= 15 is 0 Å². The van der Waals surface area contributed by atoms with Gasteiger partial charge in [0.2, 0.25) is 0 Å². The van der Waals surface area contributed by atoms with Crippen molar-refractivity contribution in [3.05, 3.63) is 35.4 Å². The summed E-state index contributed by atoms with van der Waals surface area (Å²) >= 11 is 1.52. The summed E-state index contributed by atoms with van der Waals surface area (Å²) in [5.74, 6) is -0.242. The molecular weight excluding hydrogens is 232 g/mol. The fourth-order valence-corrected chi connectivity index (χ4v) is 1.64. The third-order valence-electron chi connectivity index (χ3n) is 2.61. The summed E-state index contributed by atoms with van der Waals surface area (Å²) in [5, 5.41) is 0. The maximum absolute atomic E-state index is 11.7. The molecule has 1 aromatic rings. The van der Waals surface area contributed by atoms with E-state index < -0.39 is 0 Å². The number of aryl methyl sites for hydroxylation is 1. The molecule has 0 aliphatic heterocycles. The van der Waals surface area contributed by atoms with Gasteiger partial charge >= 0.3 is 5.97 Å². The van der Waals surface area contributed by atoms with Crippen LogP contribution in [0.4, 0.5) is 0 Å². The molecule has 0 aromatic heterocycles. The van der Waals surface area contributed by atoms with E-state index in [1.165, 1.54) is 30.2 Å². The summed E-state index contributed by atoms with van der Waals surface area (Å²) in [6.07, 6.45) is 5.38. The summed E-state index contributed by atoms with van der Waals surface area (Å²) in [7, 11) is 0. The largest absolute Gasteiger partial charge is 0.448 e. The fourth-order valence-electron chi connectivity index (χ4n) is 1.46. The van der Waals surface area contributed by atoms with Crippen molar-refractivity contribution >= 4 is 17.7 Å². The highest BCUT2D eigenvalue weighted by molar-refractivity contribution is 7.99. The number of rotatable bonds is 6. The minimum Gasteiger partial charge on any atom is -0.448 e. The first-order valence-corrected chi connectivity index (χ1v) is 7.29. The Balaban J connectivity index is 2.57. The second-order valence-electron chi connectivity index (χ2n) is 4.01. The highest BCUT2D eigenvalue weighted by atomic mass is 32.2. The molecule has 0 aliphatic rings. The van der Waals surface area contributed by atoms with Crippen LogP contribution in [0.5, 0.6) is 0 Å². The van der Waals surface area contributed by atoms with Crippen molar-refractivity contribution in [1.29, 1.82) is 0 Å². The second kappa shape index (κ2) is 7.38. The fraction of sp³-hybridized carbons (Fsp3) is 0.500. The van der Waals surface area contributed by atoms with Gasteiger partial charge in [-0.1, -0.05) is 25.5 Å². The molecule has 0 N–H and O–H groups in total. The van der Waals surface area contributed by atoms with Gasteiger partial charge in [-0.15, -0.1) is 11.8 Å². The van der Waals surface area contributed by atoms with E-state index in [1.807, 2.05) is 37.4 Å². The lowest BCUT2D eigenvalue weighted by Crippen LogP contribution is -2.11. The molecule has 0 radical (unpaired) electrons. The molecule has 0 amide bonds. The first-order chi connectivity index (χ1) is 8.17. The lowest BCUT2D eigenvalue weighted by atomic mass is 10.1. The van der Waals surface area contributed by atoms with Gasteiger partial charge in [0.1, 0.15) is 5.44 Å². The van der Waals surface area contributed by atoms with E-state index in [2.05, 4.69) is 6.92 Å². The number of carbonyl (C=O) groups is 1. The molecule has 3 heteroatoms. The van der Waals surface area contributed by atoms with E-state index in [1.54, 1.807) is 0 Å². The van der Waals surface area contributed by atoms with Crippen molar-refractivity contribution < 1.29 is 9.53 Å². The van der Waals surface area contributed by atoms with Gasteiger partial charge in [-0.05, 0) is 43.7 Å². The standard InChI is InChI=1S/C14H20O2S/c1-4-5-6-12-7-9-13(10-8-12)14(15)16-11(2)17-3/h7-11H,4-6H2,1-3H3. The summed E-state index contributed by atoms with van der Waals surface area (Å²) in [4.78, 5) is 11.7. The highest BCUT2D eigenvalue weighted by Gasteiger charge is 2.10. The topological polar surface area (TPSA) is 26.3 Å². The minimum absolute atomic E-state index is 0.0951. The van der Waals surface area contributed by atoms with Gasteiger partial charge in [0, 0.05) is 0 Å². The van der Waals surface area contributed by atoms with Crippen LogP contribution < -0.4 is 0 Å². The third kappa shape index (κ3) is 4.82. The third-order valence-corrected chi connectivity index (χ3v) is 3.37. The van der Waals surface area contributed by atoms with E-state index in [0.29, 0.717) is 5.56 Å². The predicted octanol–water partition coefficient (Wildman–Crippen LogP) is 3.90. The smallest absolute Gasteiger partial charge is 0.339 e. The number of esters is 1. The molecule has 1 unspecified atom stereocenters. The molecule has 17 heavy (non-hydrogen) atoms. The number of unbranched alkanes of at least 4 members (excludes halogenated alkanes) is 1. The van der Waals surface area contributed by atoms with Gasteiger partial charge in [-0.3, -0.25) is 0 Å². The number of benzene rings is 1. The quantitative estimate of drug-likeness (QED) is 0.567. The Labute approximate surface area is 108 Å². The number of thioether (sulfide) groups is 1. The average molecular weight is 252 g/mol. The molecular formula is C14H20O2S. The Hall–Kier alpha value is -0.960. The van der Waals surface area contributed by atoms with Gasteiger partial charge in [-0.25, -0.2) is 4.79 Å². The molecule has 0 bridgehead atoms. The minimum atomic E-state index is -0.242. The molecule has 2 nitrogen and oxygen atoms in total. The van der Waals surface area contributed by atoms with Crippen molar-refractivity contribution in [3.63, 3.8) is 0 Å². The zero-order valence-electron chi connectivity index (χ0n) is 10.7. The first kappa shape index (κ1) is 14.1. The van der Waals surface area contributed by atoms with Crippen molar-refractivity contribution in [2.45, 2.75) is 38.5 Å². The van der Waals surface area contributed by atoms with Gasteiger partial charge in [0.05, 0.1) is 5.56 Å². The van der Waals surface area contributed by atoms with Crippen LogP contribution in [0.1, 0.15) is 42.6 Å². The van der Waals surface area contributed by atoms with Gasteiger partial charge in [-0.2, -0.15) is 0 Å². The number of carbonyl (C=O) groups excluding carboxylic acids is 1. The molecule has 1 aromatic carbocycles. The monoisotopic (exact) mass is 252 g/mol. The molecule has 1 rings (SSSR count). The highest BCUT2D eigenvalue weighted by Crippen LogP contribution is 2.13. The van der Waals surface area contributed by atoms with Crippen LogP contribution in [0.2, 0.25) is 0 Å². The van der Waals surface area contributed by atoms with E-state index in [-0.39, 0.29) is 11.4 Å². The Bertz CT molecular complexity index is 346. The van der Waals surface area contributed by atoms with Crippen molar-refractivity contribution in [2.24, 2.45) is 0 Å². The van der Waals surface area contributed by atoms with Crippen LogP contribution in [-0.2, 0) is 11.2 Å². The molecule has 0 heterocycles. The second-order valence-corrected chi connectivity index (χ2v) is 5.14. The Morgan fingerprint density at radius 3 is 2.53 bits per heavy atom. The molecule has 0 saturated heterocycles. The number of hydrogen-bond acceptors (Lipinski definition) is 3. The number of hydrogen-bond donors (Lipinski definition) is 0. The van der Waals surface area contributed by atoms with Crippen LogP contribution in [-0.4, -0.2) is 17.7 Å². The summed E-state index contributed by atoms with van der Waals surface area (Å²) in [6, 6.07) is 7.72. The van der Waals surface area contributed by atoms with Gasteiger partial charge in [0.25, 0.3) is 0 Å². The van der Waals surface area contributed by atoms with E-state index in [0.717, 1.165) is 6.42 Å². The zero-order valence-corrected chi connectivity index (χ0v) is 11.5. The van der Waals surface area contributed by atoms with Gasteiger partial charge in [0.15, 0.2) is 0 Å². The maximum Gasteiger partial charge on any atom is 0.339 e. The van der Waals surface area contributed by atoms with Crippen LogP contribution in [0, 0.1) is 0 Å². The van der Waals surface area contributed by atoms with Gasteiger partial charge < -0.3 is 4.74 Å². The Morgan fingerprint density at radius 1 is 1.35 bits per heavy atom. The lowest BCUT2D eigenvalue weighted by molar-refractivity contribution is 0.0482. The van der Waals surface area contributed by atoms with Crippen molar-refractivity contribution in [2.75, 3.05) is 6.26 Å². The molecule has 0 spiro atoms. The molecule has 0 saturated carbocycles. The summed E-state index contributed by atoms with van der Waals surface area (Å²) in [5.41, 5.74) is 1.81. The number of ether oxygens (including phenoxy) is 1. The van der Waals surface area contributed by atoms with Crippen LogP contribution >= 0.6 is 11.8 Å². The molecule has 94 valence electrons. The van der Waals surface area contributed by atoms with Crippen LogP contribution in [0.25, 0.3) is 0 Å². The summed E-state index contributed by atoms with van der Waals surface area (Å²) in [6.45, 7) is 4.05. The average Bonchev–Trinajstić information content (AvgIpc) is 2.36. The SMILES string of the molecule is CCCCc1ccc(C(=O)OC(C)SC)cc1. The lowest BCUT2D eigenvalue weighted by Gasteiger charge is -2.10. The predicted molar refractivity (Wildman–Crippen MR) is 73.4 cm³/mol. The van der Waals surface area contributed by atoms with E-state index in [9.17, 15) is 4.79 Å². The Morgan fingerprint density at radius 2 is 2.00 bits per heavy atom. The molecule has 1 atom stereocenters. The normalized spacial score (nSPS) is 12.2. The summed E-state index contributed by atoms with van der Waals surface area (Å²) < 4.78 is 5.23. The molecule has 0 fully saturated rings. The molecule has 0 aliphatic carbocycles. The van der Waals surface area contributed by atoms with E-state index in [4.69, 9.17) is 4.74 Å². The van der Waals surface area contributed by atoms with Crippen LogP contribution in [0.15, 0.2) is 24.3 Å². The first-order valence-electron chi connectivity index (χ1n) is 6.00. The van der Waals surface area contributed by atoms with Crippen molar-refractivity contribution in [3.8, 4) is 0 Å². The van der Waals surface area contributed by atoms with Crippen LogP contribution in [0.3, 0.4) is 0 Å². The maximum atomic E-state index is 11.7. The zero-order chi connectivity index (χ0) is 12.7. The Kier molecular flexibility index (Phi) is 6.12.